The van der Waals surface area contributed by atoms with Gasteiger partial charge in [-0.3, -0.25) is 4.79 Å². The molecule has 104 valence electrons. The molecule has 1 N–H and O–H groups in total. The van der Waals surface area contributed by atoms with Gasteiger partial charge in [-0.15, -0.1) is 11.3 Å². The quantitative estimate of drug-likeness (QED) is 0.869. The summed E-state index contributed by atoms with van der Waals surface area (Å²) < 4.78 is 0. The number of thiazole rings is 1. The van der Waals surface area contributed by atoms with E-state index in [1.54, 1.807) is 11.3 Å². The first-order chi connectivity index (χ1) is 9.02. The number of carbonyl (C=O) groups is 1. The van der Waals surface area contributed by atoms with Gasteiger partial charge in [-0.2, -0.15) is 5.26 Å². The van der Waals surface area contributed by atoms with Gasteiger partial charge in [-0.1, -0.05) is 20.8 Å². The van der Waals surface area contributed by atoms with Gasteiger partial charge in [0.05, 0.1) is 12.1 Å². The summed E-state index contributed by atoms with van der Waals surface area (Å²) >= 11 is 1.61. The van der Waals surface area contributed by atoms with Gasteiger partial charge in [0.1, 0.15) is 10.4 Å². The Labute approximate surface area is 118 Å². The van der Waals surface area contributed by atoms with E-state index in [1.165, 1.54) is 4.88 Å². The third kappa shape index (κ3) is 3.32. The highest BCUT2D eigenvalue weighted by Crippen LogP contribution is 2.27. The van der Waals surface area contributed by atoms with Crippen LogP contribution >= 0.6 is 11.3 Å². The molecule has 0 aliphatic carbocycles. The third-order valence-electron chi connectivity index (χ3n) is 3.49. The average molecular weight is 279 g/mol. The molecule has 4 nitrogen and oxygen atoms in total. The van der Waals surface area contributed by atoms with E-state index in [-0.39, 0.29) is 11.9 Å². The summed E-state index contributed by atoms with van der Waals surface area (Å²) in [5.41, 5.74) is -0.918. The first-order valence-corrected chi connectivity index (χ1v) is 7.51. The topological polar surface area (TPSA) is 65.8 Å². The van der Waals surface area contributed by atoms with Crippen molar-refractivity contribution in [2.45, 2.75) is 53.0 Å². The van der Waals surface area contributed by atoms with Crippen molar-refractivity contribution >= 4 is 17.2 Å². The molecule has 1 aromatic rings. The van der Waals surface area contributed by atoms with Crippen molar-refractivity contribution in [3.05, 3.63) is 16.1 Å². The van der Waals surface area contributed by atoms with E-state index >= 15 is 0 Å². The number of amides is 1. The van der Waals surface area contributed by atoms with E-state index in [9.17, 15) is 10.1 Å². The Morgan fingerprint density at radius 3 is 2.58 bits per heavy atom. The van der Waals surface area contributed by atoms with E-state index < -0.39 is 5.41 Å². The zero-order chi connectivity index (χ0) is 14.5. The highest BCUT2D eigenvalue weighted by atomic mass is 32.1. The molecule has 0 spiro atoms. The lowest BCUT2D eigenvalue weighted by atomic mass is 9.83. The fourth-order valence-electron chi connectivity index (χ4n) is 1.86. The molecule has 0 saturated carbocycles. The summed E-state index contributed by atoms with van der Waals surface area (Å²) in [5.74, 6) is -0.194. The number of nitrogens with one attached hydrogen (secondary N) is 1. The zero-order valence-electron chi connectivity index (χ0n) is 12.0. The number of aromatic nitrogens is 1. The summed E-state index contributed by atoms with van der Waals surface area (Å²) in [6.07, 6.45) is 3.84. The van der Waals surface area contributed by atoms with Gasteiger partial charge in [-0.05, 0) is 26.2 Å². The molecule has 0 aliphatic heterocycles. The fraction of sp³-hybridized carbons (Fsp3) is 0.643. The van der Waals surface area contributed by atoms with Crippen LogP contribution in [0.15, 0.2) is 6.20 Å². The molecule has 5 heteroatoms. The fourth-order valence-corrected chi connectivity index (χ4v) is 2.72. The minimum absolute atomic E-state index is 0.149. The SMILES string of the molecule is CCc1cnc(C(C)NC(=O)C(C#N)(CC)CC)s1. The second kappa shape index (κ2) is 6.67. The minimum atomic E-state index is -0.918. The van der Waals surface area contributed by atoms with Crippen molar-refractivity contribution < 1.29 is 4.79 Å². The van der Waals surface area contributed by atoms with Gasteiger partial charge in [0.15, 0.2) is 0 Å². The average Bonchev–Trinajstić information content (AvgIpc) is 2.90. The van der Waals surface area contributed by atoms with E-state index in [0.29, 0.717) is 12.8 Å². The molecule has 1 atom stereocenters. The van der Waals surface area contributed by atoms with Gasteiger partial charge in [0.25, 0.3) is 0 Å². The smallest absolute Gasteiger partial charge is 0.241 e. The monoisotopic (exact) mass is 279 g/mol. The van der Waals surface area contributed by atoms with E-state index in [4.69, 9.17) is 0 Å². The molecule has 0 aromatic carbocycles. The molecule has 1 heterocycles. The highest BCUT2D eigenvalue weighted by Gasteiger charge is 2.35. The maximum atomic E-state index is 12.3. The Balaban J connectivity index is 2.79. The number of hydrogen-bond acceptors (Lipinski definition) is 4. The van der Waals surface area contributed by atoms with Crippen LogP contribution in [0.3, 0.4) is 0 Å². The van der Waals surface area contributed by atoms with Gasteiger partial charge >= 0.3 is 0 Å². The molecule has 1 aromatic heterocycles. The largest absolute Gasteiger partial charge is 0.346 e. The molecular formula is C14H21N3OS. The van der Waals surface area contributed by atoms with Crippen LogP contribution in [0, 0.1) is 16.7 Å². The van der Waals surface area contributed by atoms with Crippen molar-refractivity contribution in [3.63, 3.8) is 0 Å². The summed E-state index contributed by atoms with van der Waals surface area (Å²) in [5, 5.41) is 13.1. The van der Waals surface area contributed by atoms with E-state index in [1.807, 2.05) is 27.0 Å². The number of hydrogen-bond donors (Lipinski definition) is 1. The van der Waals surface area contributed by atoms with E-state index in [2.05, 4.69) is 23.3 Å². The summed E-state index contributed by atoms with van der Waals surface area (Å²) in [7, 11) is 0. The van der Waals surface area contributed by atoms with Crippen molar-refractivity contribution in [1.82, 2.24) is 10.3 Å². The second-order valence-electron chi connectivity index (χ2n) is 4.61. The molecule has 0 saturated heterocycles. The van der Waals surface area contributed by atoms with Gasteiger partial charge in [-0.25, -0.2) is 4.98 Å². The lowest BCUT2D eigenvalue weighted by molar-refractivity contribution is -0.129. The maximum Gasteiger partial charge on any atom is 0.241 e. The number of carbonyl (C=O) groups excluding carboxylic acids is 1. The summed E-state index contributed by atoms with van der Waals surface area (Å²) in [6, 6.07) is 2.01. The lowest BCUT2D eigenvalue weighted by Gasteiger charge is -2.24. The van der Waals surface area contributed by atoms with Crippen molar-refractivity contribution in [2.75, 3.05) is 0 Å². The Kier molecular flexibility index (Phi) is 5.49. The van der Waals surface area contributed by atoms with Gasteiger partial charge in [0.2, 0.25) is 5.91 Å². The number of rotatable bonds is 6. The van der Waals surface area contributed by atoms with Crippen molar-refractivity contribution in [2.24, 2.45) is 5.41 Å². The first-order valence-electron chi connectivity index (χ1n) is 6.69. The molecule has 0 bridgehead atoms. The number of nitrogens with zero attached hydrogens (tertiary/aromatic N) is 2. The molecule has 1 unspecified atom stereocenters. The molecule has 0 fully saturated rings. The highest BCUT2D eigenvalue weighted by molar-refractivity contribution is 7.11. The standard InChI is InChI=1S/C14H21N3OS/c1-5-11-8-16-12(19-11)10(4)17-13(18)14(6-2,7-3)9-15/h8,10H,5-7H2,1-4H3,(H,17,18). The summed E-state index contributed by atoms with van der Waals surface area (Å²) in [6.45, 7) is 7.73. The van der Waals surface area contributed by atoms with Crippen LogP contribution in [0.2, 0.25) is 0 Å². The molecular weight excluding hydrogens is 258 g/mol. The number of nitriles is 1. The van der Waals surface area contributed by atoms with Crippen molar-refractivity contribution in [1.29, 1.82) is 5.26 Å². The normalized spacial score (nSPS) is 12.8. The first kappa shape index (κ1) is 15.6. The number of aryl methyl sites for hydroxylation is 1. The molecule has 1 rings (SSSR count). The molecule has 0 aliphatic rings. The molecule has 19 heavy (non-hydrogen) atoms. The Morgan fingerprint density at radius 2 is 2.16 bits per heavy atom. The molecule has 0 radical (unpaired) electrons. The van der Waals surface area contributed by atoms with Crippen LogP contribution in [0.25, 0.3) is 0 Å². The van der Waals surface area contributed by atoms with Gasteiger partial charge < -0.3 is 5.32 Å². The van der Waals surface area contributed by atoms with Crippen LogP contribution < -0.4 is 5.32 Å². The maximum absolute atomic E-state index is 12.3. The zero-order valence-corrected chi connectivity index (χ0v) is 12.8. The van der Waals surface area contributed by atoms with E-state index in [0.717, 1.165) is 11.4 Å². The van der Waals surface area contributed by atoms with Crippen LogP contribution in [0.1, 0.15) is 56.5 Å². The third-order valence-corrected chi connectivity index (χ3v) is 4.82. The van der Waals surface area contributed by atoms with Gasteiger partial charge in [0, 0.05) is 11.1 Å². The van der Waals surface area contributed by atoms with Crippen LogP contribution in [0.4, 0.5) is 0 Å². The lowest BCUT2D eigenvalue weighted by Crippen LogP contribution is -2.40. The Bertz CT molecular complexity index is 471. The predicted molar refractivity (Wildman–Crippen MR) is 76.7 cm³/mol. The second-order valence-corrected chi connectivity index (χ2v) is 5.76. The minimum Gasteiger partial charge on any atom is -0.346 e. The molecule has 1 amide bonds. The van der Waals surface area contributed by atoms with Crippen LogP contribution in [0.5, 0.6) is 0 Å². The van der Waals surface area contributed by atoms with Crippen LogP contribution in [-0.2, 0) is 11.2 Å². The van der Waals surface area contributed by atoms with Crippen molar-refractivity contribution in [3.8, 4) is 6.07 Å². The summed E-state index contributed by atoms with van der Waals surface area (Å²) in [4.78, 5) is 17.8. The Hall–Kier alpha value is -1.41. The Morgan fingerprint density at radius 1 is 1.53 bits per heavy atom. The van der Waals surface area contributed by atoms with Crippen LogP contribution in [-0.4, -0.2) is 10.9 Å². The predicted octanol–water partition coefficient (Wildman–Crippen LogP) is 3.21.